The molecule has 0 fully saturated rings. The van der Waals surface area contributed by atoms with Crippen LogP contribution in [-0.2, 0) is 19.4 Å². The molecule has 0 saturated carbocycles. The number of rotatable bonds is 8. The number of pyridine rings is 1. The summed E-state index contributed by atoms with van der Waals surface area (Å²) in [4.78, 5) is 21.4. The van der Waals surface area contributed by atoms with Crippen molar-refractivity contribution >= 4 is 22.9 Å². The molecule has 0 aliphatic heterocycles. The second kappa shape index (κ2) is 8.80. The largest absolute Gasteiger partial charge is 0.347 e. The molecule has 0 radical (unpaired) electrons. The average molecular weight is 391 g/mol. The molecule has 0 aliphatic carbocycles. The van der Waals surface area contributed by atoms with E-state index in [4.69, 9.17) is 0 Å². The SMILES string of the molecule is O=C(NCc1ccccc1)c1csc(CCCCc2cn3ccccc3n2)n1. The summed E-state index contributed by atoms with van der Waals surface area (Å²) in [6.45, 7) is 0.519. The highest BCUT2D eigenvalue weighted by atomic mass is 32.1. The van der Waals surface area contributed by atoms with Crippen LogP contribution in [0.25, 0.3) is 5.65 Å². The molecule has 3 aromatic heterocycles. The van der Waals surface area contributed by atoms with Crippen LogP contribution < -0.4 is 5.32 Å². The van der Waals surface area contributed by atoms with Gasteiger partial charge in [-0.15, -0.1) is 11.3 Å². The second-order valence-corrected chi connectivity index (χ2v) is 7.64. The van der Waals surface area contributed by atoms with Crippen molar-refractivity contribution in [2.45, 2.75) is 32.2 Å². The number of hydrogen-bond donors (Lipinski definition) is 1. The first kappa shape index (κ1) is 18.4. The van der Waals surface area contributed by atoms with Crippen molar-refractivity contribution in [1.29, 1.82) is 0 Å². The summed E-state index contributed by atoms with van der Waals surface area (Å²) in [6.07, 6.45) is 8.05. The van der Waals surface area contributed by atoms with Crippen LogP contribution in [0.4, 0.5) is 0 Å². The Balaban J connectivity index is 1.22. The van der Waals surface area contributed by atoms with Gasteiger partial charge >= 0.3 is 0 Å². The van der Waals surface area contributed by atoms with Crippen LogP contribution in [0.15, 0.2) is 66.3 Å². The van der Waals surface area contributed by atoms with Crippen LogP contribution in [0.3, 0.4) is 0 Å². The highest BCUT2D eigenvalue weighted by molar-refractivity contribution is 7.09. The van der Waals surface area contributed by atoms with E-state index in [-0.39, 0.29) is 5.91 Å². The molecular formula is C22H22N4OS. The van der Waals surface area contributed by atoms with E-state index in [9.17, 15) is 4.79 Å². The summed E-state index contributed by atoms with van der Waals surface area (Å²) in [5.74, 6) is -0.115. The van der Waals surface area contributed by atoms with Gasteiger partial charge in [0, 0.05) is 24.3 Å². The van der Waals surface area contributed by atoms with Gasteiger partial charge in [-0.1, -0.05) is 36.4 Å². The van der Waals surface area contributed by atoms with Crippen LogP contribution in [0.5, 0.6) is 0 Å². The molecule has 142 valence electrons. The topological polar surface area (TPSA) is 59.3 Å². The van der Waals surface area contributed by atoms with E-state index in [1.165, 1.54) is 0 Å². The minimum absolute atomic E-state index is 0.115. The third-order valence-electron chi connectivity index (χ3n) is 4.57. The molecule has 0 atom stereocenters. The van der Waals surface area contributed by atoms with Crippen molar-refractivity contribution < 1.29 is 4.79 Å². The molecule has 0 unspecified atom stereocenters. The summed E-state index contributed by atoms with van der Waals surface area (Å²) >= 11 is 1.56. The Hall–Kier alpha value is -2.99. The molecular weight excluding hydrogens is 368 g/mol. The molecule has 1 aromatic carbocycles. The number of nitrogens with one attached hydrogen (secondary N) is 1. The average Bonchev–Trinajstić information content (AvgIpc) is 3.37. The molecule has 0 aliphatic rings. The van der Waals surface area contributed by atoms with Gasteiger partial charge in [0.2, 0.25) is 0 Å². The minimum Gasteiger partial charge on any atom is -0.347 e. The number of thiazole rings is 1. The number of unbranched alkanes of at least 4 members (excludes halogenated alkanes) is 1. The fraction of sp³-hybridized carbons (Fsp3) is 0.227. The maximum Gasteiger partial charge on any atom is 0.271 e. The Morgan fingerprint density at radius 3 is 2.68 bits per heavy atom. The van der Waals surface area contributed by atoms with Crippen LogP contribution in [0, 0.1) is 0 Å². The summed E-state index contributed by atoms with van der Waals surface area (Å²) in [5.41, 5.74) is 3.70. The molecule has 3 heterocycles. The van der Waals surface area contributed by atoms with E-state index < -0.39 is 0 Å². The number of carbonyl (C=O) groups is 1. The fourth-order valence-corrected chi connectivity index (χ4v) is 3.91. The number of imidazole rings is 1. The van der Waals surface area contributed by atoms with Crippen molar-refractivity contribution in [3.8, 4) is 0 Å². The number of benzene rings is 1. The van der Waals surface area contributed by atoms with Gasteiger partial charge in [-0.05, 0) is 43.4 Å². The number of amides is 1. The van der Waals surface area contributed by atoms with Crippen molar-refractivity contribution in [1.82, 2.24) is 19.7 Å². The third kappa shape index (κ3) is 4.64. The molecule has 4 rings (SSSR count). The monoisotopic (exact) mass is 390 g/mol. The fourth-order valence-electron chi connectivity index (χ4n) is 3.09. The van der Waals surface area contributed by atoms with Gasteiger partial charge < -0.3 is 9.72 Å². The van der Waals surface area contributed by atoms with E-state index >= 15 is 0 Å². The molecule has 28 heavy (non-hydrogen) atoms. The summed E-state index contributed by atoms with van der Waals surface area (Å²) in [5, 5.41) is 5.78. The molecule has 1 N–H and O–H groups in total. The maximum atomic E-state index is 12.3. The predicted octanol–water partition coefficient (Wildman–Crippen LogP) is 4.29. The van der Waals surface area contributed by atoms with Gasteiger partial charge in [-0.3, -0.25) is 4.79 Å². The number of aryl methyl sites for hydroxylation is 2. The Kier molecular flexibility index (Phi) is 5.77. The van der Waals surface area contributed by atoms with Crippen molar-refractivity contribution in [2.75, 3.05) is 0 Å². The van der Waals surface area contributed by atoms with Crippen LogP contribution in [-0.4, -0.2) is 20.3 Å². The molecule has 4 aromatic rings. The first-order valence-electron chi connectivity index (χ1n) is 9.47. The highest BCUT2D eigenvalue weighted by Gasteiger charge is 2.10. The summed E-state index contributed by atoms with van der Waals surface area (Å²) < 4.78 is 2.05. The quantitative estimate of drug-likeness (QED) is 0.457. The predicted molar refractivity (Wildman–Crippen MR) is 112 cm³/mol. The lowest BCUT2D eigenvalue weighted by atomic mass is 10.1. The lowest BCUT2D eigenvalue weighted by molar-refractivity contribution is 0.0946. The highest BCUT2D eigenvalue weighted by Crippen LogP contribution is 2.14. The Morgan fingerprint density at radius 1 is 1.00 bits per heavy atom. The minimum atomic E-state index is -0.115. The van der Waals surface area contributed by atoms with Crippen LogP contribution in [0.2, 0.25) is 0 Å². The first-order chi connectivity index (χ1) is 13.8. The molecule has 1 amide bonds. The van der Waals surface area contributed by atoms with E-state index in [2.05, 4.69) is 25.9 Å². The van der Waals surface area contributed by atoms with Gasteiger partial charge in [0.1, 0.15) is 11.3 Å². The molecule has 5 nitrogen and oxygen atoms in total. The first-order valence-corrected chi connectivity index (χ1v) is 10.3. The van der Waals surface area contributed by atoms with Crippen molar-refractivity contribution in [3.63, 3.8) is 0 Å². The van der Waals surface area contributed by atoms with Crippen LogP contribution in [0.1, 0.15) is 39.6 Å². The van der Waals surface area contributed by atoms with E-state index in [1.54, 1.807) is 11.3 Å². The van der Waals surface area contributed by atoms with Gasteiger partial charge in [-0.25, -0.2) is 9.97 Å². The molecule has 0 spiro atoms. The molecule has 0 bridgehead atoms. The third-order valence-corrected chi connectivity index (χ3v) is 5.48. The Labute approximate surface area is 168 Å². The van der Waals surface area contributed by atoms with Crippen molar-refractivity contribution in [2.24, 2.45) is 0 Å². The van der Waals surface area contributed by atoms with Crippen molar-refractivity contribution in [3.05, 3.63) is 88.3 Å². The van der Waals surface area contributed by atoms with Gasteiger partial charge in [0.25, 0.3) is 5.91 Å². The number of aromatic nitrogens is 3. The number of hydrogen-bond acceptors (Lipinski definition) is 4. The maximum absolute atomic E-state index is 12.3. The summed E-state index contributed by atoms with van der Waals surface area (Å²) in [6, 6.07) is 15.9. The lowest BCUT2D eigenvalue weighted by Gasteiger charge is -2.02. The summed E-state index contributed by atoms with van der Waals surface area (Å²) in [7, 11) is 0. The van der Waals surface area contributed by atoms with Gasteiger partial charge in [-0.2, -0.15) is 0 Å². The normalized spacial score (nSPS) is 11.0. The molecule has 0 saturated heterocycles. The van der Waals surface area contributed by atoms with E-state index in [1.807, 2.05) is 60.1 Å². The van der Waals surface area contributed by atoms with Gasteiger partial charge in [0.15, 0.2) is 0 Å². The van der Waals surface area contributed by atoms with Crippen LogP contribution >= 0.6 is 11.3 Å². The zero-order valence-electron chi connectivity index (χ0n) is 15.5. The Bertz CT molecular complexity index is 1020. The van der Waals surface area contributed by atoms with E-state index in [0.717, 1.165) is 47.6 Å². The number of nitrogens with zero attached hydrogens (tertiary/aromatic N) is 3. The molecule has 6 heteroatoms. The smallest absolute Gasteiger partial charge is 0.271 e. The number of fused-ring (bicyclic) bond motifs is 1. The number of carbonyl (C=O) groups excluding carboxylic acids is 1. The zero-order chi connectivity index (χ0) is 19.2. The Morgan fingerprint density at radius 2 is 1.82 bits per heavy atom. The lowest BCUT2D eigenvalue weighted by Crippen LogP contribution is -2.23. The van der Waals surface area contributed by atoms with E-state index in [0.29, 0.717) is 12.2 Å². The standard InChI is InChI=1S/C22H22N4OS/c27-22(23-14-17-8-2-1-3-9-17)19-16-28-21(25-19)12-5-4-10-18-15-26-13-7-6-11-20(26)24-18/h1-3,6-9,11,13,15-16H,4-5,10,12,14H2,(H,23,27). The second-order valence-electron chi connectivity index (χ2n) is 6.70. The van der Waals surface area contributed by atoms with Gasteiger partial charge in [0.05, 0.1) is 10.7 Å². The zero-order valence-corrected chi connectivity index (χ0v) is 16.4.